The molecule has 0 radical (unpaired) electrons. The second kappa shape index (κ2) is 8.89. The third-order valence-electron chi connectivity index (χ3n) is 4.97. The van der Waals surface area contributed by atoms with Crippen LogP contribution in [0.25, 0.3) is 10.9 Å². The van der Waals surface area contributed by atoms with Crippen molar-refractivity contribution in [3.63, 3.8) is 0 Å². The molecule has 3 aromatic rings. The van der Waals surface area contributed by atoms with Crippen molar-refractivity contribution in [2.75, 3.05) is 23.7 Å². The first-order valence-electron chi connectivity index (χ1n) is 9.56. The molecule has 29 heavy (non-hydrogen) atoms. The Balaban J connectivity index is 1.61. The van der Waals surface area contributed by atoms with Crippen molar-refractivity contribution >= 4 is 39.7 Å². The molecule has 1 heterocycles. The van der Waals surface area contributed by atoms with Gasteiger partial charge in [-0.2, -0.15) is 5.26 Å². The number of fused-ring (bicyclic) bond motifs is 1. The molecule has 3 rings (SSSR count). The number of benzene rings is 2. The predicted octanol–water partition coefficient (Wildman–Crippen LogP) is 4.74. The maximum atomic E-state index is 9.48. The molecule has 2 aromatic carbocycles. The fraction of sp³-hybridized carbons (Fsp3) is 0.261. The highest BCUT2D eigenvalue weighted by atomic mass is 32.1. The van der Waals surface area contributed by atoms with Gasteiger partial charge in [0.2, 0.25) is 0 Å². The van der Waals surface area contributed by atoms with Crippen LogP contribution >= 0.6 is 12.2 Å². The van der Waals surface area contributed by atoms with Crippen molar-refractivity contribution in [1.29, 1.82) is 5.26 Å². The SMILES string of the molecule is Cc1ccc(NC(=S)NCCNc2nc3c(C)c(C)ccc3cc2C#N)c(C)c1. The highest BCUT2D eigenvalue weighted by Crippen LogP contribution is 2.24. The molecule has 0 aliphatic rings. The lowest BCUT2D eigenvalue weighted by Gasteiger charge is -2.14. The van der Waals surface area contributed by atoms with Gasteiger partial charge < -0.3 is 16.0 Å². The van der Waals surface area contributed by atoms with Crippen LogP contribution in [0.5, 0.6) is 0 Å². The van der Waals surface area contributed by atoms with Gasteiger partial charge in [0.05, 0.1) is 11.1 Å². The van der Waals surface area contributed by atoms with Crippen LogP contribution in [-0.4, -0.2) is 23.2 Å². The summed E-state index contributed by atoms with van der Waals surface area (Å²) >= 11 is 5.38. The van der Waals surface area contributed by atoms with Crippen molar-refractivity contribution in [2.45, 2.75) is 27.7 Å². The molecule has 0 bridgehead atoms. The summed E-state index contributed by atoms with van der Waals surface area (Å²) in [5.41, 5.74) is 7.14. The Morgan fingerprint density at radius 3 is 2.55 bits per heavy atom. The molecule has 148 valence electrons. The van der Waals surface area contributed by atoms with E-state index in [1.54, 1.807) is 0 Å². The van der Waals surface area contributed by atoms with Gasteiger partial charge in [0.25, 0.3) is 0 Å². The lowest BCUT2D eigenvalue weighted by molar-refractivity contribution is 0.910. The Kier molecular flexibility index (Phi) is 6.30. The van der Waals surface area contributed by atoms with E-state index in [4.69, 9.17) is 17.2 Å². The number of nitriles is 1. The van der Waals surface area contributed by atoms with E-state index in [9.17, 15) is 5.26 Å². The number of aromatic nitrogens is 1. The number of hydrogen-bond donors (Lipinski definition) is 3. The van der Waals surface area contributed by atoms with Crippen LogP contribution in [0.3, 0.4) is 0 Å². The van der Waals surface area contributed by atoms with Crippen molar-refractivity contribution in [1.82, 2.24) is 10.3 Å². The minimum absolute atomic E-state index is 0.539. The van der Waals surface area contributed by atoms with Crippen molar-refractivity contribution in [3.05, 3.63) is 64.2 Å². The topological polar surface area (TPSA) is 72.8 Å². The monoisotopic (exact) mass is 403 g/mol. The zero-order valence-corrected chi connectivity index (χ0v) is 18.0. The van der Waals surface area contributed by atoms with E-state index >= 15 is 0 Å². The van der Waals surface area contributed by atoms with Gasteiger partial charge in [-0.05, 0) is 68.7 Å². The lowest BCUT2D eigenvalue weighted by Crippen LogP contribution is -2.32. The summed E-state index contributed by atoms with van der Waals surface area (Å²) in [6.07, 6.45) is 0. The maximum absolute atomic E-state index is 9.48. The molecular weight excluding hydrogens is 378 g/mol. The zero-order valence-electron chi connectivity index (χ0n) is 17.2. The minimum atomic E-state index is 0.539. The highest BCUT2D eigenvalue weighted by Gasteiger charge is 2.09. The average molecular weight is 404 g/mol. The molecule has 0 aliphatic heterocycles. The molecule has 0 saturated heterocycles. The maximum Gasteiger partial charge on any atom is 0.170 e. The predicted molar refractivity (Wildman–Crippen MR) is 125 cm³/mol. The van der Waals surface area contributed by atoms with Crippen LogP contribution < -0.4 is 16.0 Å². The van der Waals surface area contributed by atoms with Gasteiger partial charge in [-0.15, -0.1) is 0 Å². The molecule has 3 N–H and O–H groups in total. The van der Waals surface area contributed by atoms with Gasteiger partial charge in [0.1, 0.15) is 11.9 Å². The summed E-state index contributed by atoms with van der Waals surface area (Å²) in [4.78, 5) is 4.70. The third-order valence-corrected chi connectivity index (χ3v) is 5.21. The van der Waals surface area contributed by atoms with Gasteiger partial charge in [-0.25, -0.2) is 4.98 Å². The standard InChI is InChI=1S/C23H25N5S/c1-14-5-8-20(16(3)11-14)27-23(29)26-10-9-25-22-19(13-24)12-18-7-6-15(2)17(4)21(18)28-22/h5-8,11-12H,9-10H2,1-4H3,(H,25,28)(H2,26,27,29). The summed E-state index contributed by atoms with van der Waals surface area (Å²) in [5.74, 6) is 0.601. The molecule has 0 aliphatic carbocycles. The van der Waals surface area contributed by atoms with E-state index in [1.165, 1.54) is 11.1 Å². The summed E-state index contributed by atoms with van der Waals surface area (Å²) in [6.45, 7) is 9.44. The van der Waals surface area contributed by atoms with Gasteiger partial charge >= 0.3 is 0 Å². The molecule has 5 nitrogen and oxygen atoms in total. The van der Waals surface area contributed by atoms with Gasteiger partial charge in [0.15, 0.2) is 5.11 Å². The van der Waals surface area contributed by atoms with Crippen LogP contribution in [-0.2, 0) is 0 Å². The Morgan fingerprint density at radius 2 is 1.83 bits per heavy atom. The average Bonchev–Trinajstić information content (AvgIpc) is 2.70. The Morgan fingerprint density at radius 1 is 1.03 bits per heavy atom. The second-order valence-corrected chi connectivity index (χ2v) is 7.61. The molecule has 0 spiro atoms. The van der Waals surface area contributed by atoms with Crippen LogP contribution in [0.4, 0.5) is 11.5 Å². The number of nitrogens with one attached hydrogen (secondary N) is 3. The van der Waals surface area contributed by atoms with E-state index in [2.05, 4.69) is 67.9 Å². The summed E-state index contributed by atoms with van der Waals surface area (Å²) in [5, 5.41) is 20.7. The van der Waals surface area contributed by atoms with Crippen LogP contribution in [0.15, 0.2) is 36.4 Å². The molecular formula is C23H25N5S. The Labute approximate surface area is 177 Å². The first-order valence-corrected chi connectivity index (χ1v) is 9.97. The Bertz CT molecular complexity index is 1110. The molecule has 1 aromatic heterocycles. The molecule has 0 unspecified atom stereocenters. The Hall–Kier alpha value is -3.17. The number of nitrogens with zero attached hydrogens (tertiary/aromatic N) is 2. The number of pyridine rings is 1. The summed E-state index contributed by atoms with van der Waals surface area (Å²) < 4.78 is 0. The summed E-state index contributed by atoms with van der Waals surface area (Å²) in [7, 11) is 0. The van der Waals surface area contributed by atoms with Crippen molar-refractivity contribution in [3.8, 4) is 6.07 Å². The third kappa shape index (κ3) is 4.82. The quantitative estimate of drug-likeness (QED) is 0.422. The summed E-state index contributed by atoms with van der Waals surface area (Å²) in [6, 6.07) is 14.4. The van der Waals surface area contributed by atoms with E-state index in [-0.39, 0.29) is 0 Å². The zero-order chi connectivity index (χ0) is 21.0. The fourth-order valence-corrected chi connectivity index (χ4v) is 3.39. The van der Waals surface area contributed by atoms with E-state index < -0.39 is 0 Å². The van der Waals surface area contributed by atoms with E-state index in [0.717, 1.165) is 27.7 Å². The second-order valence-electron chi connectivity index (χ2n) is 7.20. The highest BCUT2D eigenvalue weighted by molar-refractivity contribution is 7.80. The molecule has 0 atom stereocenters. The first kappa shape index (κ1) is 20.6. The molecule has 0 saturated carbocycles. The van der Waals surface area contributed by atoms with Crippen LogP contribution in [0.1, 0.15) is 27.8 Å². The van der Waals surface area contributed by atoms with E-state index in [0.29, 0.717) is 29.6 Å². The van der Waals surface area contributed by atoms with Gasteiger partial charge in [-0.3, -0.25) is 0 Å². The van der Waals surface area contributed by atoms with Crippen LogP contribution in [0.2, 0.25) is 0 Å². The fourth-order valence-electron chi connectivity index (χ4n) is 3.18. The number of rotatable bonds is 5. The molecule has 6 heteroatoms. The lowest BCUT2D eigenvalue weighted by atomic mass is 10.0. The molecule has 0 amide bonds. The minimum Gasteiger partial charge on any atom is -0.367 e. The number of hydrogen-bond acceptors (Lipinski definition) is 4. The number of anilines is 2. The number of aryl methyl sites for hydroxylation is 4. The van der Waals surface area contributed by atoms with Crippen LogP contribution in [0, 0.1) is 39.0 Å². The molecule has 0 fully saturated rings. The van der Waals surface area contributed by atoms with Gasteiger partial charge in [-0.1, -0.05) is 29.8 Å². The first-order chi connectivity index (χ1) is 13.9. The van der Waals surface area contributed by atoms with E-state index in [1.807, 2.05) is 18.2 Å². The van der Waals surface area contributed by atoms with Gasteiger partial charge in [0, 0.05) is 24.2 Å². The van der Waals surface area contributed by atoms with Crippen molar-refractivity contribution in [2.24, 2.45) is 0 Å². The largest absolute Gasteiger partial charge is 0.367 e. The number of thiocarbonyl (C=S) groups is 1. The normalized spacial score (nSPS) is 10.4. The smallest absolute Gasteiger partial charge is 0.170 e. The van der Waals surface area contributed by atoms with Crippen molar-refractivity contribution < 1.29 is 0 Å².